The molecule has 3 aromatic rings. The van der Waals surface area contributed by atoms with E-state index >= 15 is 0 Å². The normalized spacial score (nSPS) is 21.4. The van der Waals surface area contributed by atoms with Crippen LogP contribution in [0.1, 0.15) is 22.7 Å². The number of nitrogens with zero attached hydrogens (tertiary/aromatic N) is 4. The average Bonchev–Trinajstić information content (AvgIpc) is 3.31. The van der Waals surface area contributed by atoms with Crippen molar-refractivity contribution in [3.63, 3.8) is 0 Å². The van der Waals surface area contributed by atoms with Crippen LogP contribution in [0.2, 0.25) is 0 Å². The first-order valence-electron chi connectivity index (χ1n) is 11.0. The third-order valence-electron chi connectivity index (χ3n) is 6.51. The third kappa shape index (κ3) is 4.53. The van der Waals surface area contributed by atoms with Gasteiger partial charge in [0.2, 0.25) is 0 Å². The van der Waals surface area contributed by atoms with Crippen LogP contribution in [-0.2, 0) is 15.6 Å². The second-order valence-electron chi connectivity index (χ2n) is 8.61. The SMILES string of the molecule is Cc1sc2nc(CSc3ccccc3)nc(N3CCN([C@H]4CCS(=O)(=O)C4)CC3)c2c1C. The summed E-state index contributed by atoms with van der Waals surface area (Å²) in [6, 6.07) is 10.5. The number of aromatic nitrogens is 2. The molecule has 0 radical (unpaired) electrons. The Morgan fingerprint density at radius 3 is 2.53 bits per heavy atom. The smallest absolute Gasteiger partial charge is 0.151 e. The number of rotatable bonds is 5. The molecule has 170 valence electrons. The Morgan fingerprint density at radius 1 is 1.09 bits per heavy atom. The minimum Gasteiger partial charge on any atom is -0.353 e. The summed E-state index contributed by atoms with van der Waals surface area (Å²) in [7, 11) is -2.85. The monoisotopic (exact) mass is 488 g/mol. The lowest BCUT2D eigenvalue weighted by Gasteiger charge is -2.38. The number of thiophene rings is 1. The number of hydrogen-bond acceptors (Lipinski definition) is 8. The summed E-state index contributed by atoms with van der Waals surface area (Å²) in [5.74, 6) is 3.29. The fraction of sp³-hybridized carbons (Fsp3) is 0.478. The number of benzene rings is 1. The zero-order chi connectivity index (χ0) is 22.3. The number of fused-ring (bicyclic) bond motifs is 1. The molecule has 32 heavy (non-hydrogen) atoms. The maximum Gasteiger partial charge on any atom is 0.151 e. The van der Waals surface area contributed by atoms with Crippen molar-refractivity contribution in [1.29, 1.82) is 0 Å². The average molecular weight is 489 g/mol. The topological polar surface area (TPSA) is 66.4 Å². The highest BCUT2D eigenvalue weighted by Crippen LogP contribution is 2.36. The lowest BCUT2D eigenvalue weighted by molar-refractivity contribution is 0.200. The molecule has 0 spiro atoms. The van der Waals surface area contributed by atoms with Crippen molar-refractivity contribution in [2.75, 3.05) is 42.6 Å². The van der Waals surface area contributed by atoms with Crippen molar-refractivity contribution in [1.82, 2.24) is 14.9 Å². The summed E-state index contributed by atoms with van der Waals surface area (Å²) in [6.07, 6.45) is 0.768. The van der Waals surface area contributed by atoms with E-state index in [-0.39, 0.29) is 6.04 Å². The zero-order valence-corrected chi connectivity index (χ0v) is 20.9. The Kier molecular flexibility index (Phi) is 6.17. The first-order chi connectivity index (χ1) is 15.4. The maximum absolute atomic E-state index is 11.9. The molecule has 2 saturated heterocycles. The molecule has 4 heterocycles. The summed E-state index contributed by atoms with van der Waals surface area (Å²) in [6.45, 7) is 7.80. The van der Waals surface area contributed by atoms with Crippen molar-refractivity contribution >= 4 is 49.0 Å². The summed E-state index contributed by atoms with van der Waals surface area (Å²) >= 11 is 3.51. The van der Waals surface area contributed by atoms with Gasteiger partial charge in [-0.05, 0) is 38.0 Å². The van der Waals surface area contributed by atoms with E-state index in [9.17, 15) is 8.42 Å². The molecule has 9 heteroatoms. The number of piperazine rings is 1. The molecular weight excluding hydrogens is 460 g/mol. The molecule has 1 atom stereocenters. The molecule has 0 amide bonds. The number of sulfone groups is 1. The Hall–Kier alpha value is -1.68. The van der Waals surface area contributed by atoms with Gasteiger partial charge in [-0.1, -0.05) is 18.2 Å². The highest BCUT2D eigenvalue weighted by Gasteiger charge is 2.34. The Bertz CT molecular complexity index is 1220. The van der Waals surface area contributed by atoms with Crippen molar-refractivity contribution in [2.45, 2.75) is 37.0 Å². The first kappa shape index (κ1) is 22.1. The van der Waals surface area contributed by atoms with Crippen LogP contribution in [0, 0.1) is 13.8 Å². The van der Waals surface area contributed by atoms with E-state index in [0.717, 1.165) is 54.8 Å². The molecule has 2 aliphatic heterocycles. The molecule has 0 bridgehead atoms. The van der Waals surface area contributed by atoms with Crippen LogP contribution in [0.3, 0.4) is 0 Å². The van der Waals surface area contributed by atoms with Gasteiger partial charge >= 0.3 is 0 Å². The molecular formula is C23H28N4O2S3. The summed E-state index contributed by atoms with van der Waals surface area (Å²) in [5.41, 5.74) is 1.27. The van der Waals surface area contributed by atoms with Gasteiger partial charge in [0.25, 0.3) is 0 Å². The second-order valence-corrected chi connectivity index (χ2v) is 13.1. The lowest BCUT2D eigenvalue weighted by atomic mass is 10.1. The second kappa shape index (κ2) is 8.93. The summed E-state index contributed by atoms with van der Waals surface area (Å²) < 4.78 is 23.8. The molecule has 2 aromatic heterocycles. The maximum atomic E-state index is 11.9. The first-order valence-corrected chi connectivity index (χ1v) is 14.7. The van der Waals surface area contributed by atoms with Gasteiger partial charge in [0.1, 0.15) is 16.5 Å². The molecule has 0 aliphatic carbocycles. The molecule has 6 nitrogen and oxygen atoms in total. The summed E-state index contributed by atoms with van der Waals surface area (Å²) in [5, 5.41) is 1.18. The molecule has 0 N–H and O–H groups in total. The number of thioether (sulfide) groups is 1. The van der Waals surface area contributed by atoms with E-state index in [1.807, 2.05) is 6.07 Å². The van der Waals surface area contributed by atoms with Crippen molar-refractivity contribution in [2.24, 2.45) is 0 Å². The summed E-state index contributed by atoms with van der Waals surface area (Å²) in [4.78, 5) is 18.3. The minimum atomic E-state index is -2.85. The number of hydrogen-bond donors (Lipinski definition) is 0. The van der Waals surface area contributed by atoms with Gasteiger partial charge in [0.15, 0.2) is 9.84 Å². The Labute approximate surface area is 198 Å². The third-order valence-corrected chi connectivity index (χ3v) is 10.4. The van der Waals surface area contributed by atoms with Crippen molar-refractivity contribution < 1.29 is 8.42 Å². The van der Waals surface area contributed by atoms with Crippen molar-refractivity contribution in [3.05, 3.63) is 46.6 Å². The van der Waals surface area contributed by atoms with Crippen molar-refractivity contribution in [3.8, 4) is 0 Å². The lowest BCUT2D eigenvalue weighted by Crippen LogP contribution is -2.51. The predicted octanol–water partition coefficient (Wildman–Crippen LogP) is 3.91. The largest absolute Gasteiger partial charge is 0.353 e. The fourth-order valence-corrected chi connectivity index (χ4v) is 8.17. The molecule has 2 aliphatic rings. The van der Waals surface area contributed by atoms with Gasteiger partial charge in [-0.3, -0.25) is 4.90 Å². The fourth-order valence-electron chi connectivity index (χ4n) is 4.59. The Morgan fingerprint density at radius 2 is 1.84 bits per heavy atom. The van der Waals surface area contributed by atoms with Gasteiger partial charge in [0.05, 0.1) is 22.6 Å². The van der Waals surface area contributed by atoms with E-state index in [4.69, 9.17) is 9.97 Å². The molecule has 0 saturated carbocycles. The van der Waals surface area contributed by atoms with Crippen LogP contribution in [0.25, 0.3) is 10.2 Å². The van der Waals surface area contributed by atoms with Crippen LogP contribution < -0.4 is 4.90 Å². The van der Waals surface area contributed by atoms with Gasteiger partial charge in [0, 0.05) is 42.0 Å². The van der Waals surface area contributed by atoms with Crippen LogP contribution >= 0.6 is 23.1 Å². The Balaban J connectivity index is 1.37. The molecule has 5 rings (SSSR count). The van der Waals surface area contributed by atoms with Crippen LogP contribution in [0.5, 0.6) is 0 Å². The number of anilines is 1. The van der Waals surface area contributed by atoms with Gasteiger partial charge < -0.3 is 4.90 Å². The van der Waals surface area contributed by atoms with E-state index < -0.39 is 9.84 Å². The predicted molar refractivity (Wildman–Crippen MR) is 134 cm³/mol. The van der Waals surface area contributed by atoms with Gasteiger partial charge in [-0.15, -0.1) is 23.1 Å². The molecule has 1 aromatic carbocycles. The highest BCUT2D eigenvalue weighted by molar-refractivity contribution is 7.98. The standard InChI is InChI=1S/C23H28N4O2S3/c1-16-17(2)31-23-21(16)22(24-20(25-23)14-30-19-6-4-3-5-7-19)27-11-9-26(10-12-27)18-8-13-32(28,29)15-18/h3-7,18H,8-15H2,1-2H3/t18-/m0/s1. The molecule has 2 fully saturated rings. The zero-order valence-electron chi connectivity index (χ0n) is 18.5. The quantitative estimate of drug-likeness (QED) is 0.505. The van der Waals surface area contributed by atoms with Gasteiger partial charge in [-0.25, -0.2) is 18.4 Å². The van der Waals surface area contributed by atoms with E-state index in [2.05, 4.69) is 47.9 Å². The van der Waals surface area contributed by atoms with Crippen LogP contribution in [-0.4, -0.2) is 67.0 Å². The van der Waals surface area contributed by atoms with Crippen LogP contribution in [0.15, 0.2) is 35.2 Å². The number of aryl methyl sites for hydroxylation is 2. The highest BCUT2D eigenvalue weighted by atomic mass is 32.2. The van der Waals surface area contributed by atoms with Crippen LogP contribution in [0.4, 0.5) is 5.82 Å². The molecule has 0 unspecified atom stereocenters. The minimum absolute atomic E-state index is 0.176. The van der Waals surface area contributed by atoms with E-state index in [1.54, 1.807) is 23.1 Å². The van der Waals surface area contributed by atoms with E-state index in [1.165, 1.54) is 20.7 Å². The van der Waals surface area contributed by atoms with Gasteiger partial charge in [-0.2, -0.15) is 0 Å². The van der Waals surface area contributed by atoms with E-state index in [0.29, 0.717) is 11.5 Å².